The molecule has 3 nitrogen and oxygen atoms in total. The fourth-order valence-electron chi connectivity index (χ4n) is 3.28. The minimum Gasteiger partial charge on any atom is -0.377 e. The molecule has 100 valence electrons. The van der Waals surface area contributed by atoms with Crippen LogP contribution >= 0.6 is 0 Å². The smallest absolute Gasteiger partial charge is 0.0673 e. The second kappa shape index (κ2) is 6.17. The number of ether oxygens (including phenoxy) is 1. The van der Waals surface area contributed by atoms with E-state index in [1.807, 2.05) is 0 Å². The van der Waals surface area contributed by atoms with Crippen molar-refractivity contribution in [3.8, 4) is 0 Å². The molecular weight excluding hydrogens is 212 g/mol. The highest BCUT2D eigenvalue weighted by Crippen LogP contribution is 2.33. The van der Waals surface area contributed by atoms with Gasteiger partial charge >= 0.3 is 0 Å². The van der Waals surface area contributed by atoms with Crippen LogP contribution in [0.3, 0.4) is 0 Å². The summed E-state index contributed by atoms with van der Waals surface area (Å²) in [4.78, 5) is 2.65. The summed E-state index contributed by atoms with van der Waals surface area (Å²) < 4.78 is 5.73. The Bertz CT molecular complexity index is 226. The second-order valence-electron chi connectivity index (χ2n) is 5.87. The van der Waals surface area contributed by atoms with Gasteiger partial charge in [0.25, 0.3) is 0 Å². The zero-order valence-electron chi connectivity index (χ0n) is 11.5. The van der Waals surface area contributed by atoms with Crippen LogP contribution in [0.5, 0.6) is 0 Å². The Morgan fingerprint density at radius 1 is 1.35 bits per heavy atom. The van der Waals surface area contributed by atoms with E-state index in [9.17, 15) is 0 Å². The normalized spacial score (nSPS) is 31.1. The SMILES string of the molecule is CCC1(CN2CCCOC(C)C2)CCNCC1. The topological polar surface area (TPSA) is 24.5 Å². The van der Waals surface area contributed by atoms with Crippen molar-refractivity contribution in [3.05, 3.63) is 0 Å². The van der Waals surface area contributed by atoms with E-state index in [0.29, 0.717) is 11.5 Å². The minimum atomic E-state index is 0.410. The number of nitrogens with one attached hydrogen (secondary N) is 1. The molecule has 1 N–H and O–H groups in total. The van der Waals surface area contributed by atoms with Gasteiger partial charge in [-0.25, -0.2) is 0 Å². The summed E-state index contributed by atoms with van der Waals surface area (Å²) in [6.45, 7) is 11.5. The average Bonchev–Trinajstić information content (AvgIpc) is 2.55. The first kappa shape index (κ1) is 13.3. The lowest BCUT2D eigenvalue weighted by molar-refractivity contribution is 0.0524. The fraction of sp³-hybridized carbons (Fsp3) is 1.00. The van der Waals surface area contributed by atoms with Crippen molar-refractivity contribution >= 4 is 0 Å². The van der Waals surface area contributed by atoms with Gasteiger partial charge in [-0.1, -0.05) is 6.92 Å². The molecule has 0 aromatic heterocycles. The van der Waals surface area contributed by atoms with E-state index in [2.05, 4.69) is 24.1 Å². The molecular formula is C14H28N2O. The number of nitrogens with zero attached hydrogens (tertiary/aromatic N) is 1. The van der Waals surface area contributed by atoms with E-state index in [4.69, 9.17) is 4.74 Å². The van der Waals surface area contributed by atoms with Gasteiger partial charge in [-0.15, -0.1) is 0 Å². The zero-order valence-corrected chi connectivity index (χ0v) is 11.5. The van der Waals surface area contributed by atoms with Crippen LogP contribution in [0.4, 0.5) is 0 Å². The summed E-state index contributed by atoms with van der Waals surface area (Å²) in [5.74, 6) is 0. The number of rotatable bonds is 3. The van der Waals surface area contributed by atoms with Crippen LogP contribution in [0, 0.1) is 5.41 Å². The zero-order chi connectivity index (χ0) is 12.1. The number of hydrogen-bond acceptors (Lipinski definition) is 3. The molecule has 0 bridgehead atoms. The molecule has 2 saturated heterocycles. The predicted molar refractivity (Wildman–Crippen MR) is 71.3 cm³/mol. The molecule has 0 aliphatic carbocycles. The molecule has 0 saturated carbocycles. The third-order valence-corrected chi connectivity index (χ3v) is 4.51. The lowest BCUT2D eigenvalue weighted by atomic mass is 9.76. The Kier molecular flexibility index (Phi) is 4.83. The summed E-state index contributed by atoms with van der Waals surface area (Å²) in [5.41, 5.74) is 0.565. The predicted octanol–water partition coefficient (Wildman–Crippen LogP) is 1.88. The Balaban J connectivity index is 1.92. The molecule has 3 heteroatoms. The molecule has 0 radical (unpaired) electrons. The third kappa shape index (κ3) is 3.67. The van der Waals surface area contributed by atoms with Gasteiger partial charge in [-0.05, 0) is 51.1 Å². The molecule has 0 spiro atoms. The van der Waals surface area contributed by atoms with Crippen LogP contribution in [0.1, 0.15) is 39.5 Å². The first-order valence-electron chi connectivity index (χ1n) is 7.29. The third-order valence-electron chi connectivity index (χ3n) is 4.51. The van der Waals surface area contributed by atoms with E-state index in [-0.39, 0.29) is 0 Å². The Hall–Kier alpha value is -0.120. The fourth-order valence-corrected chi connectivity index (χ4v) is 3.28. The van der Waals surface area contributed by atoms with Crippen molar-refractivity contribution in [1.82, 2.24) is 10.2 Å². The van der Waals surface area contributed by atoms with Crippen LogP contribution in [0.15, 0.2) is 0 Å². The molecule has 2 heterocycles. The van der Waals surface area contributed by atoms with E-state index in [1.54, 1.807) is 0 Å². The second-order valence-corrected chi connectivity index (χ2v) is 5.87. The molecule has 2 rings (SSSR count). The van der Waals surface area contributed by atoms with Crippen LogP contribution in [0.25, 0.3) is 0 Å². The summed E-state index contributed by atoms with van der Waals surface area (Å²) in [6.07, 6.45) is 5.61. The van der Waals surface area contributed by atoms with Crippen molar-refractivity contribution in [1.29, 1.82) is 0 Å². The van der Waals surface area contributed by atoms with E-state index >= 15 is 0 Å². The minimum absolute atomic E-state index is 0.410. The Morgan fingerprint density at radius 3 is 2.82 bits per heavy atom. The van der Waals surface area contributed by atoms with Gasteiger partial charge in [0.05, 0.1) is 6.10 Å². The molecule has 2 fully saturated rings. The van der Waals surface area contributed by atoms with E-state index < -0.39 is 0 Å². The molecule has 17 heavy (non-hydrogen) atoms. The first-order valence-corrected chi connectivity index (χ1v) is 7.29. The van der Waals surface area contributed by atoms with Crippen molar-refractivity contribution < 1.29 is 4.74 Å². The van der Waals surface area contributed by atoms with Gasteiger partial charge in [0.15, 0.2) is 0 Å². The molecule has 2 aliphatic heterocycles. The van der Waals surface area contributed by atoms with Crippen molar-refractivity contribution in [2.24, 2.45) is 5.41 Å². The summed E-state index contributed by atoms with van der Waals surface area (Å²) in [5, 5.41) is 3.49. The quantitative estimate of drug-likeness (QED) is 0.815. The molecule has 0 aromatic carbocycles. The van der Waals surface area contributed by atoms with Crippen LogP contribution in [-0.4, -0.2) is 50.3 Å². The van der Waals surface area contributed by atoms with E-state index in [0.717, 1.165) is 13.2 Å². The van der Waals surface area contributed by atoms with Crippen LogP contribution in [0.2, 0.25) is 0 Å². The molecule has 0 aromatic rings. The maximum absolute atomic E-state index is 5.73. The van der Waals surface area contributed by atoms with Crippen LogP contribution in [-0.2, 0) is 4.74 Å². The van der Waals surface area contributed by atoms with Crippen molar-refractivity contribution in [2.75, 3.05) is 39.3 Å². The molecule has 1 unspecified atom stereocenters. The first-order chi connectivity index (χ1) is 8.24. The summed E-state index contributed by atoms with van der Waals surface area (Å²) in [6, 6.07) is 0. The summed E-state index contributed by atoms with van der Waals surface area (Å²) in [7, 11) is 0. The highest BCUT2D eigenvalue weighted by molar-refractivity contribution is 4.87. The lowest BCUT2D eigenvalue weighted by Crippen LogP contribution is -2.45. The van der Waals surface area contributed by atoms with Gasteiger partial charge in [0.2, 0.25) is 0 Å². The standard InChI is InChI=1S/C14H28N2O/c1-3-14(5-7-15-8-6-14)12-16-9-4-10-17-13(2)11-16/h13,15H,3-12H2,1-2H3. The highest BCUT2D eigenvalue weighted by atomic mass is 16.5. The maximum atomic E-state index is 5.73. The maximum Gasteiger partial charge on any atom is 0.0673 e. The molecule has 0 amide bonds. The summed E-state index contributed by atoms with van der Waals surface area (Å²) >= 11 is 0. The lowest BCUT2D eigenvalue weighted by Gasteiger charge is -2.41. The number of hydrogen-bond donors (Lipinski definition) is 1. The monoisotopic (exact) mass is 240 g/mol. The highest BCUT2D eigenvalue weighted by Gasteiger charge is 2.32. The van der Waals surface area contributed by atoms with E-state index in [1.165, 1.54) is 51.9 Å². The van der Waals surface area contributed by atoms with Gasteiger partial charge in [0.1, 0.15) is 0 Å². The molecule has 2 aliphatic rings. The van der Waals surface area contributed by atoms with Gasteiger partial charge in [-0.3, -0.25) is 0 Å². The van der Waals surface area contributed by atoms with Gasteiger partial charge in [-0.2, -0.15) is 0 Å². The Labute approximate surface area is 106 Å². The van der Waals surface area contributed by atoms with Gasteiger partial charge < -0.3 is 15.0 Å². The molecule has 1 atom stereocenters. The Morgan fingerprint density at radius 2 is 2.12 bits per heavy atom. The average molecular weight is 240 g/mol. The van der Waals surface area contributed by atoms with Gasteiger partial charge in [0, 0.05) is 26.2 Å². The van der Waals surface area contributed by atoms with Crippen molar-refractivity contribution in [2.45, 2.75) is 45.6 Å². The van der Waals surface area contributed by atoms with Crippen molar-refractivity contribution in [3.63, 3.8) is 0 Å². The largest absolute Gasteiger partial charge is 0.377 e. The number of piperidine rings is 1. The van der Waals surface area contributed by atoms with Crippen LogP contribution < -0.4 is 5.32 Å².